The average Bonchev–Trinajstić information content (AvgIpc) is 2.79. The highest BCUT2D eigenvalue weighted by Crippen LogP contribution is 2.30. The van der Waals surface area contributed by atoms with E-state index in [4.69, 9.17) is 12.2 Å². The van der Waals surface area contributed by atoms with Crippen LogP contribution in [0.3, 0.4) is 0 Å². The third-order valence-electron chi connectivity index (χ3n) is 2.75. The topological polar surface area (TPSA) is 29.3 Å². The van der Waals surface area contributed by atoms with Crippen LogP contribution in [0.2, 0.25) is 0 Å². The van der Waals surface area contributed by atoms with Crippen molar-refractivity contribution in [1.29, 1.82) is 0 Å². The highest BCUT2D eigenvalue weighted by molar-refractivity contribution is 7.80. The summed E-state index contributed by atoms with van der Waals surface area (Å²) in [6.07, 6.45) is -2.63. The first kappa shape index (κ1) is 16.7. The minimum absolute atomic E-state index is 0.310. The molecule has 3 nitrogen and oxygen atoms in total. The molecule has 1 aromatic heterocycles. The monoisotopic (exact) mass is 345 g/mol. The third-order valence-corrected chi connectivity index (χ3v) is 3.88. The fourth-order valence-electron chi connectivity index (χ4n) is 1.83. The van der Waals surface area contributed by atoms with E-state index >= 15 is 0 Å². The highest BCUT2D eigenvalue weighted by atomic mass is 32.1. The van der Waals surface area contributed by atoms with E-state index in [0.29, 0.717) is 22.1 Å². The lowest BCUT2D eigenvalue weighted by Gasteiger charge is -2.09. The fraction of sp³-hybridized carbons (Fsp3) is 0.286. The van der Waals surface area contributed by atoms with Crippen LogP contribution in [0.5, 0.6) is 0 Å². The Kier molecular flexibility index (Phi) is 5.02. The maximum Gasteiger partial charge on any atom is 0.416 e. The van der Waals surface area contributed by atoms with Crippen LogP contribution in [-0.2, 0) is 6.18 Å². The molecule has 0 fully saturated rings. The van der Waals surface area contributed by atoms with Crippen molar-refractivity contribution in [3.05, 3.63) is 45.7 Å². The third kappa shape index (κ3) is 3.95. The Morgan fingerprint density at radius 3 is 2.77 bits per heavy atom. The molecule has 0 aliphatic rings. The van der Waals surface area contributed by atoms with Gasteiger partial charge in [0.15, 0.2) is 9.91 Å². The van der Waals surface area contributed by atoms with Crippen LogP contribution in [0, 0.1) is 6.92 Å². The first-order chi connectivity index (χ1) is 10.3. The van der Waals surface area contributed by atoms with Gasteiger partial charge in [-0.15, -0.1) is 11.3 Å². The fourth-order valence-corrected chi connectivity index (χ4v) is 2.96. The lowest BCUT2D eigenvalue weighted by Crippen LogP contribution is -2.23. The number of hydrogen-bond donors (Lipinski definition) is 1. The number of nitrogens with zero attached hydrogens (tertiary/aromatic N) is 2. The molecule has 0 amide bonds. The number of nitrogens with one attached hydrogen (secondary N) is 1. The maximum atomic E-state index is 12.8. The van der Waals surface area contributed by atoms with Gasteiger partial charge in [-0.1, -0.05) is 6.07 Å². The summed E-state index contributed by atoms with van der Waals surface area (Å²) in [5.41, 5.74) is -0.293. The summed E-state index contributed by atoms with van der Waals surface area (Å²) in [4.78, 5) is 5.72. The van der Waals surface area contributed by atoms with Gasteiger partial charge in [0.1, 0.15) is 0 Å². The van der Waals surface area contributed by atoms with Gasteiger partial charge in [0.2, 0.25) is 0 Å². The van der Waals surface area contributed by atoms with E-state index in [0.717, 1.165) is 17.0 Å². The molecule has 0 spiro atoms. The molecule has 0 saturated carbocycles. The number of rotatable bonds is 2. The molecule has 0 atom stereocenters. The van der Waals surface area contributed by atoms with Crippen LogP contribution in [0.25, 0.3) is 5.69 Å². The SMILES string of the molecule is CCNC(=S)/N=c1/sc(C)cn1-c1cccc(C(F)(F)F)c1. The Morgan fingerprint density at radius 1 is 1.41 bits per heavy atom. The Morgan fingerprint density at radius 2 is 2.14 bits per heavy atom. The quantitative estimate of drug-likeness (QED) is 0.842. The van der Waals surface area contributed by atoms with Crippen LogP contribution >= 0.6 is 23.6 Å². The Bertz CT molecular complexity index is 744. The molecule has 0 saturated heterocycles. The second-order valence-corrected chi connectivity index (χ2v) is 6.09. The van der Waals surface area contributed by atoms with Gasteiger partial charge in [0, 0.05) is 23.3 Å². The van der Waals surface area contributed by atoms with Crippen LogP contribution < -0.4 is 10.1 Å². The highest BCUT2D eigenvalue weighted by Gasteiger charge is 2.30. The van der Waals surface area contributed by atoms with Gasteiger partial charge < -0.3 is 5.32 Å². The number of aryl methyl sites for hydroxylation is 1. The molecule has 118 valence electrons. The number of aromatic nitrogens is 1. The molecule has 2 aromatic rings. The normalized spacial score (nSPS) is 12.5. The van der Waals surface area contributed by atoms with E-state index in [1.165, 1.54) is 17.4 Å². The summed E-state index contributed by atoms with van der Waals surface area (Å²) in [7, 11) is 0. The van der Waals surface area contributed by atoms with Crippen molar-refractivity contribution in [3.63, 3.8) is 0 Å². The first-order valence-corrected chi connectivity index (χ1v) is 7.73. The first-order valence-electron chi connectivity index (χ1n) is 6.50. The summed E-state index contributed by atoms with van der Waals surface area (Å²) in [5, 5.41) is 3.21. The van der Waals surface area contributed by atoms with Crippen molar-refractivity contribution in [3.8, 4) is 5.69 Å². The van der Waals surface area contributed by atoms with E-state index in [1.807, 2.05) is 13.8 Å². The number of halogens is 3. The van der Waals surface area contributed by atoms with Gasteiger partial charge in [-0.3, -0.25) is 4.57 Å². The summed E-state index contributed by atoms with van der Waals surface area (Å²) in [6, 6.07) is 5.13. The molecule has 0 aliphatic heterocycles. The number of thiocarbonyl (C=S) groups is 1. The lowest BCUT2D eigenvalue weighted by molar-refractivity contribution is -0.137. The number of thiazole rings is 1. The second-order valence-electron chi connectivity index (χ2n) is 4.49. The van der Waals surface area contributed by atoms with Crippen LogP contribution in [0.4, 0.5) is 13.2 Å². The molecule has 1 heterocycles. The van der Waals surface area contributed by atoms with Crippen molar-refractivity contribution in [2.75, 3.05) is 6.54 Å². The van der Waals surface area contributed by atoms with E-state index in [-0.39, 0.29) is 0 Å². The Labute approximate surface area is 135 Å². The molecule has 0 bridgehead atoms. The maximum absolute atomic E-state index is 12.8. The van der Waals surface area contributed by atoms with Crippen LogP contribution in [-0.4, -0.2) is 16.2 Å². The smallest absolute Gasteiger partial charge is 0.361 e. The predicted molar refractivity (Wildman–Crippen MR) is 85.2 cm³/mol. The standard InChI is InChI=1S/C14H14F3N3S2/c1-3-18-12(21)19-13-20(8-9(2)22-13)11-6-4-5-10(7-11)14(15,16)17/h4-8H,3H2,1-2H3,(H,18,21)/b19-13+. The van der Waals surface area contributed by atoms with Gasteiger partial charge in [-0.05, 0) is 44.3 Å². The van der Waals surface area contributed by atoms with Crippen molar-refractivity contribution in [1.82, 2.24) is 9.88 Å². The van der Waals surface area contributed by atoms with Crippen LogP contribution in [0.1, 0.15) is 17.4 Å². The molecule has 1 N–H and O–H groups in total. The van der Waals surface area contributed by atoms with Crippen LogP contribution in [0.15, 0.2) is 35.5 Å². The largest absolute Gasteiger partial charge is 0.416 e. The van der Waals surface area contributed by atoms with Crippen molar-refractivity contribution in [2.45, 2.75) is 20.0 Å². The van der Waals surface area contributed by atoms with E-state index in [2.05, 4.69) is 10.3 Å². The van der Waals surface area contributed by atoms with Gasteiger partial charge in [0.05, 0.1) is 5.56 Å². The second kappa shape index (κ2) is 6.62. The summed E-state index contributed by atoms with van der Waals surface area (Å²) < 4.78 is 40.1. The average molecular weight is 345 g/mol. The number of alkyl halides is 3. The number of hydrogen-bond acceptors (Lipinski definition) is 2. The van der Waals surface area contributed by atoms with Gasteiger partial charge >= 0.3 is 6.18 Å². The van der Waals surface area contributed by atoms with E-state index in [9.17, 15) is 13.2 Å². The zero-order chi connectivity index (χ0) is 16.3. The van der Waals surface area contributed by atoms with E-state index in [1.54, 1.807) is 16.8 Å². The molecule has 2 rings (SSSR count). The molecule has 22 heavy (non-hydrogen) atoms. The van der Waals surface area contributed by atoms with Gasteiger partial charge in [-0.25, -0.2) is 0 Å². The molecular weight excluding hydrogens is 331 g/mol. The predicted octanol–water partition coefficient (Wildman–Crippen LogP) is 3.66. The lowest BCUT2D eigenvalue weighted by atomic mass is 10.2. The zero-order valence-electron chi connectivity index (χ0n) is 11.9. The zero-order valence-corrected chi connectivity index (χ0v) is 13.6. The molecule has 0 aliphatic carbocycles. The van der Waals surface area contributed by atoms with E-state index < -0.39 is 11.7 Å². The molecule has 1 aromatic carbocycles. The minimum atomic E-state index is -4.38. The summed E-state index contributed by atoms with van der Waals surface area (Å²) >= 11 is 6.44. The van der Waals surface area contributed by atoms with Gasteiger partial charge in [-0.2, -0.15) is 18.2 Å². The Balaban J connectivity index is 2.52. The molecule has 8 heteroatoms. The van der Waals surface area contributed by atoms with Gasteiger partial charge in [0.25, 0.3) is 0 Å². The van der Waals surface area contributed by atoms with Crippen molar-refractivity contribution < 1.29 is 13.2 Å². The number of benzene rings is 1. The Hall–Kier alpha value is -1.67. The summed E-state index contributed by atoms with van der Waals surface area (Å²) in [5.74, 6) is 0. The van der Waals surface area contributed by atoms with Crippen molar-refractivity contribution in [2.24, 2.45) is 4.99 Å². The van der Waals surface area contributed by atoms with Crippen molar-refractivity contribution >= 4 is 28.7 Å². The summed E-state index contributed by atoms with van der Waals surface area (Å²) in [6.45, 7) is 4.39. The minimum Gasteiger partial charge on any atom is -0.361 e. The molecule has 0 radical (unpaired) electrons. The molecular formula is C14H14F3N3S2. The molecule has 0 unspecified atom stereocenters.